The van der Waals surface area contributed by atoms with Crippen molar-refractivity contribution in [2.75, 3.05) is 17.3 Å². The summed E-state index contributed by atoms with van der Waals surface area (Å²) in [6.45, 7) is 5.02. The van der Waals surface area contributed by atoms with Gasteiger partial charge < -0.3 is 15.0 Å². The Morgan fingerprint density at radius 3 is 2.36 bits per heavy atom. The number of nitrogens with one attached hydrogen (secondary N) is 1. The predicted octanol–water partition coefficient (Wildman–Crippen LogP) is 2.05. The van der Waals surface area contributed by atoms with Gasteiger partial charge in [0.25, 0.3) is 0 Å². The highest BCUT2D eigenvalue weighted by Crippen LogP contribution is 2.51. The van der Waals surface area contributed by atoms with Crippen LogP contribution in [0.4, 0.5) is 5.69 Å². The second kappa shape index (κ2) is 9.78. The van der Waals surface area contributed by atoms with Crippen molar-refractivity contribution >= 4 is 45.3 Å². The number of esters is 1. The van der Waals surface area contributed by atoms with E-state index in [1.54, 1.807) is 24.3 Å². The lowest BCUT2D eigenvalue weighted by molar-refractivity contribution is -0.164. The van der Waals surface area contributed by atoms with Crippen LogP contribution in [0.1, 0.15) is 25.0 Å². The van der Waals surface area contributed by atoms with E-state index in [9.17, 15) is 22.8 Å². The van der Waals surface area contributed by atoms with Crippen molar-refractivity contribution in [3.63, 3.8) is 0 Å². The maximum atomic E-state index is 13.1. The highest BCUT2D eigenvalue weighted by atomic mass is 32.2. The van der Waals surface area contributed by atoms with Crippen molar-refractivity contribution in [3.05, 3.63) is 65.7 Å². The largest absolute Gasteiger partial charge is 0.442 e. The lowest BCUT2D eigenvalue weighted by Gasteiger charge is -2.44. The molecule has 9 nitrogen and oxygen atoms in total. The van der Waals surface area contributed by atoms with Crippen molar-refractivity contribution in [3.8, 4) is 0 Å². The van der Waals surface area contributed by atoms with E-state index in [-0.39, 0.29) is 18.2 Å². The molecule has 2 aliphatic heterocycles. The second-order valence-electron chi connectivity index (χ2n) is 9.51. The van der Waals surface area contributed by atoms with Gasteiger partial charge in [-0.05, 0) is 38.5 Å². The Balaban J connectivity index is 1.42. The van der Waals surface area contributed by atoms with E-state index in [4.69, 9.17) is 4.74 Å². The summed E-state index contributed by atoms with van der Waals surface area (Å²) in [5.74, 6) is -1.33. The third-order valence-corrected chi connectivity index (χ3v) is 8.92. The average Bonchev–Trinajstić information content (AvgIpc) is 3.06. The molecule has 0 radical (unpaired) electrons. The molecule has 2 aliphatic rings. The summed E-state index contributed by atoms with van der Waals surface area (Å²) in [5.41, 5.74) is 2.17. The number of carbonyl (C=O) groups excluding carboxylic acids is 3. The zero-order chi connectivity index (χ0) is 26.3. The second-order valence-corrected chi connectivity index (χ2v) is 13.2. The minimum atomic E-state index is -3.73. The van der Waals surface area contributed by atoms with Gasteiger partial charge in [0.15, 0.2) is 6.73 Å². The van der Waals surface area contributed by atoms with Gasteiger partial charge in [0.05, 0.1) is 18.4 Å². The number of thioether (sulfide) groups is 1. The Hall–Kier alpha value is -3.05. The molecule has 1 N–H and O–H groups in total. The number of anilines is 1. The molecule has 2 amide bonds. The molecule has 3 atom stereocenters. The van der Waals surface area contributed by atoms with E-state index in [1.807, 2.05) is 51.1 Å². The number of hydrogen-bond acceptors (Lipinski definition) is 7. The molecule has 0 unspecified atom stereocenters. The third kappa shape index (κ3) is 5.22. The Labute approximate surface area is 215 Å². The number of benzene rings is 2. The molecule has 2 heterocycles. The van der Waals surface area contributed by atoms with Crippen LogP contribution in [-0.4, -0.2) is 66.3 Å². The number of ether oxygens (including phenoxy) is 1. The van der Waals surface area contributed by atoms with Gasteiger partial charge in [0, 0.05) is 4.75 Å². The molecule has 4 rings (SSSR count). The highest BCUT2D eigenvalue weighted by molar-refractivity contribution is 8.01. The number of amides is 2. The number of rotatable bonds is 8. The number of fused-ring (bicyclic) bond motifs is 1. The summed E-state index contributed by atoms with van der Waals surface area (Å²) >= 11 is 1.41. The summed E-state index contributed by atoms with van der Waals surface area (Å²) in [7, 11) is -3.73. The maximum Gasteiger partial charge on any atom is 0.332 e. The predicted molar refractivity (Wildman–Crippen MR) is 138 cm³/mol. The number of sulfonamides is 1. The molecular weight excluding hydrogens is 502 g/mol. The fraction of sp³-hybridized carbons (Fsp3) is 0.400. The van der Waals surface area contributed by atoms with Gasteiger partial charge in [-0.25, -0.2) is 17.5 Å². The van der Waals surface area contributed by atoms with Gasteiger partial charge in [0.2, 0.25) is 21.8 Å². The van der Waals surface area contributed by atoms with Gasteiger partial charge in [-0.15, -0.1) is 11.8 Å². The summed E-state index contributed by atoms with van der Waals surface area (Å²) < 4.78 is 30.5. The molecule has 2 fully saturated rings. The van der Waals surface area contributed by atoms with E-state index in [0.29, 0.717) is 5.69 Å². The van der Waals surface area contributed by atoms with Crippen LogP contribution in [-0.2, 0) is 35.6 Å². The zero-order valence-electron chi connectivity index (χ0n) is 20.5. The van der Waals surface area contributed by atoms with Crippen molar-refractivity contribution in [2.45, 2.75) is 49.4 Å². The van der Waals surface area contributed by atoms with Crippen LogP contribution in [0.15, 0.2) is 54.6 Å². The first kappa shape index (κ1) is 26.0. The first-order valence-electron chi connectivity index (χ1n) is 11.4. The topological polar surface area (TPSA) is 113 Å². The van der Waals surface area contributed by atoms with Crippen molar-refractivity contribution < 1.29 is 27.5 Å². The first-order chi connectivity index (χ1) is 16.9. The standard InChI is InChI=1S/C25H29N3O6S2/c1-16-10-12-18(13-11-16)27(36(4,32)33)15-34-24(31)21-25(2,3)35-23-20(22(30)28(21)23)26-19(29)14-17-8-6-5-7-9-17/h5-13,20-21,23H,14-15H2,1-4H3,(H,26,29)/t20-,21+,23-/m1/s1. The summed E-state index contributed by atoms with van der Waals surface area (Å²) in [6, 6.07) is 14.4. The van der Waals surface area contributed by atoms with Crippen molar-refractivity contribution in [1.29, 1.82) is 0 Å². The fourth-order valence-corrected chi connectivity index (χ4v) is 6.78. The van der Waals surface area contributed by atoms with E-state index in [2.05, 4.69) is 5.32 Å². The van der Waals surface area contributed by atoms with Crippen LogP contribution in [0, 0.1) is 6.92 Å². The van der Waals surface area contributed by atoms with Crippen molar-refractivity contribution in [2.24, 2.45) is 0 Å². The number of β-lactam (4-membered cyclic amide) rings is 1. The van der Waals surface area contributed by atoms with Crippen LogP contribution in [0.2, 0.25) is 0 Å². The number of carbonyl (C=O) groups is 3. The van der Waals surface area contributed by atoms with Crippen LogP contribution in [0.25, 0.3) is 0 Å². The van der Waals surface area contributed by atoms with Crippen LogP contribution in [0.5, 0.6) is 0 Å². The van der Waals surface area contributed by atoms with E-state index in [0.717, 1.165) is 21.7 Å². The summed E-state index contributed by atoms with van der Waals surface area (Å²) in [6.07, 6.45) is 1.19. The Bertz CT molecular complexity index is 1260. The van der Waals surface area contributed by atoms with Gasteiger partial charge in [0.1, 0.15) is 17.5 Å². The van der Waals surface area contributed by atoms with E-state index in [1.165, 1.54) is 16.7 Å². The molecule has 2 aromatic rings. The molecule has 36 heavy (non-hydrogen) atoms. The maximum absolute atomic E-state index is 13.1. The average molecular weight is 532 g/mol. The van der Waals surface area contributed by atoms with Crippen LogP contribution in [0.3, 0.4) is 0 Å². The lowest BCUT2D eigenvalue weighted by Crippen LogP contribution is -2.70. The zero-order valence-corrected chi connectivity index (χ0v) is 22.1. The minimum Gasteiger partial charge on any atom is -0.442 e. The van der Waals surface area contributed by atoms with Gasteiger partial charge in [-0.1, -0.05) is 48.0 Å². The molecule has 2 aromatic carbocycles. The highest BCUT2D eigenvalue weighted by Gasteiger charge is 2.64. The molecule has 0 bridgehead atoms. The Morgan fingerprint density at radius 1 is 1.11 bits per heavy atom. The molecular formula is C25H29N3O6S2. The number of nitrogens with zero attached hydrogens (tertiary/aromatic N) is 2. The molecule has 0 aromatic heterocycles. The lowest BCUT2D eigenvalue weighted by atomic mass is 9.96. The summed E-state index contributed by atoms with van der Waals surface area (Å²) in [4.78, 5) is 40.0. The Morgan fingerprint density at radius 2 is 1.75 bits per heavy atom. The normalized spacial score (nSPS) is 22.4. The molecule has 0 saturated carbocycles. The van der Waals surface area contributed by atoms with E-state index < -0.39 is 44.9 Å². The van der Waals surface area contributed by atoms with Crippen molar-refractivity contribution in [1.82, 2.24) is 10.2 Å². The fourth-order valence-electron chi connectivity index (χ4n) is 4.41. The Kier molecular flexibility index (Phi) is 7.07. The molecule has 0 spiro atoms. The van der Waals surface area contributed by atoms with Gasteiger partial charge in [-0.2, -0.15) is 0 Å². The SMILES string of the molecule is Cc1ccc(N(COC(=O)[C@@H]2N3C(=O)[C@@H](NC(=O)Cc4ccccc4)[C@H]3SC2(C)C)S(C)(=O)=O)cc1. The third-order valence-electron chi connectivity index (χ3n) is 6.23. The molecule has 192 valence electrons. The number of hydrogen-bond donors (Lipinski definition) is 1. The first-order valence-corrected chi connectivity index (χ1v) is 14.2. The van der Waals surface area contributed by atoms with Crippen LogP contribution < -0.4 is 9.62 Å². The minimum absolute atomic E-state index is 0.150. The van der Waals surface area contributed by atoms with E-state index >= 15 is 0 Å². The monoisotopic (exact) mass is 531 g/mol. The molecule has 11 heteroatoms. The number of aryl methyl sites for hydroxylation is 1. The van der Waals surface area contributed by atoms with Gasteiger partial charge >= 0.3 is 5.97 Å². The molecule has 0 aliphatic carbocycles. The van der Waals surface area contributed by atoms with Gasteiger partial charge in [-0.3, -0.25) is 9.59 Å². The summed E-state index contributed by atoms with van der Waals surface area (Å²) in [5, 5.41) is 2.38. The van der Waals surface area contributed by atoms with Crippen LogP contribution >= 0.6 is 11.8 Å². The quantitative estimate of drug-likeness (QED) is 0.315. The smallest absolute Gasteiger partial charge is 0.332 e. The molecule has 2 saturated heterocycles.